The summed E-state index contributed by atoms with van der Waals surface area (Å²) in [5.74, 6) is 1.07. The molecule has 1 saturated heterocycles. The van der Waals surface area contributed by atoms with E-state index in [1.807, 2.05) is 91.9 Å². The van der Waals surface area contributed by atoms with Crippen LogP contribution in [0.1, 0.15) is 36.8 Å². The monoisotopic (exact) mass is 581 g/mol. The minimum Gasteiger partial charge on any atom is -0.497 e. The van der Waals surface area contributed by atoms with Gasteiger partial charge < -0.3 is 24.6 Å². The molecular weight excluding hydrogens is 549 g/mol. The average Bonchev–Trinajstić information content (AvgIpc) is 3.54. The van der Waals surface area contributed by atoms with E-state index < -0.39 is 23.5 Å². The zero-order chi connectivity index (χ0) is 30.2. The van der Waals surface area contributed by atoms with E-state index in [1.54, 1.807) is 7.11 Å². The Morgan fingerprint density at radius 1 is 1.00 bits per heavy atom. The van der Waals surface area contributed by atoms with E-state index in [0.29, 0.717) is 17.9 Å². The molecule has 0 unspecified atom stereocenters. The molecule has 3 heterocycles. The first-order chi connectivity index (χ1) is 20.8. The van der Waals surface area contributed by atoms with Crippen LogP contribution in [0.25, 0.3) is 11.2 Å². The quantitative estimate of drug-likeness (QED) is 0.212. The van der Waals surface area contributed by atoms with Crippen LogP contribution in [0.4, 0.5) is 10.3 Å². The third-order valence-electron chi connectivity index (χ3n) is 7.74. The van der Waals surface area contributed by atoms with Gasteiger partial charge in [0.05, 0.1) is 13.7 Å². The van der Waals surface area contributed by atoms with Gasteiger partial charge in [-0.05, 0) is 42.7 Å². The SMILES string of the molecule is C=C1O[C@H](n2cnc3c(OCC)nc(NC(c4ccccc4)(c4ccccc4)c4ccc(OC)cc4)nc32)[C@](C)(F)[C@@H]1O. The molecule has 3 aromatic carbocycles. The fraction of sp³-hybridized carbons (Fsp3) is 0.242. The first-order valence-electron chi connectivity index (χ1n) is 13.9. The summed E-state index contributed by atoms with van der Waals surface area (Å²) in [6, 6.07) is 27.7. The molecule has 0 spiro atoms. The summed E-state index contributed by atoms with van der Waals surface area (Å²) in [5.41, 5.74) is 0.189. The predicted octanol–water partition coefficient (Wildman–Crippen LogP) is 5.77. The lowest BCUT2D eigenvalue weighted by Crippen LogP contribution is -2.39. The zero-order valence-electron chi connectivity index (χ0n) is 24.1. The molecule has 5 aromatic rings. The number of ether oxygens (including phenoxy) is 3. The largest absolute Gasteiger partial charge is 0.497 e. The van der Waals surface area contributed by atoms with Gasteiger partial charge in [-0.25, -0.2) is 9.37 Å². The van der Waals surface area contributed by atoms with Crippen molar-refractivity contribution in [2.75, 3.05) is 19.0 Å². The van der Waals surface area contributed by atoms with Crippen molar-refractivity contribution in [3.05, 3.63) is 120 Å². The van der Waals surface area contributed by atoms with Crippen molar-refractivity contribution in [2.45, 2.75) is 37.4 Å². The summed E-state index contributed by atoms with van der Waals surface area (Å²) in [4.78, 5) is 14.0. The number of anilines is 1. The fourth-order valence-corrected chi connectivity index (χ4v) is 5.56. The molecule has 0 aliphatic carbocycles. The summed E-state index contributed by atoms with van der Waals surface area (Å²) >= 11 is 0. The van der Waals surface area contributed by atoms with Crippen molar-refractivity contribution < 1.29 is 23.7 Å². The number of nitrogens with one attached hydrogen (secondary N) is 1. The Morgan fingerprint density at radius 3 is 2.14 bits per heavy atom. The summed E-state index contributed by atoms with van der Waals surface area (Å²) in [7, 11) is 1.63. The normalized spacial score (nSPS) is 20.2. The third kappa shape index (κ3) is 4.73. The van der Waals surface area contributed by atoms with E-state index >= 15 is 4.39 Å². The Bertz CT molecular complexity index is 1700. The minimum absolute atomic E-state index is 0.0686. The van der Waals surface area contributed by atoms with Gasteiger partial charge in [-0.3, -0.25) is 4.57 Å². The highest BCUT2D eigenvalue weighted by atomic mass is 19.1. The van der Waals surface area contributed by atoms with Gasteiger partial charge in [-0.1, -0.05) is 79.4 Å². The van der Waals surface area contributed by atoms with Crippen LogP contribution in [-0.4, -0.2) is 50.1 Å². The number of fused-ring (bicyclic) bond motifs is 1. The first kappa shape index (κ1) is 28.2. The number of hydrogen-bond acceptors (Lipinski definition) is 8. The second-order valence-electron chi connectivity index (χ2n) is 10.4. The molecule has 2 N–H and O–H groups in total. The van der Waals surface area contributed by atoms with Crippen LogP contribution in [0.2, 0.25) is 0 Å². The summed E-state index contributed by atoms with van der Waals surface area (Å²) in [5, 5.41) is 14.0. The summed E-state index contributed by atoms with van der Waals surface area (Å²) in [6.45, 7) is 7.09. The van der Waals surface area contributed by atoms with E-state index in [9.17, 15) is 5.11 Å². The Morgan fingerprint density at radius 2 is 1.60 bits per heavy atom. The standard InChI is InChI=1S/C33H32FN5O4/c1-5-42-29-26-28(39(20-35-26)30-32(3,34)27(40)21(2)43-30)36-31(37-29)38-33(22-12-8-6-9-13-22,23-14-10-7-11-15-23)24-16-18-25(41-4)19-17-24/h6-20,27,30,40H,2,5H2,1,3-4H3,(H,36,37,38)/t27-,30+,32-/m1/s1. The fourth-order valence-electron chi connectivity index (χ4n) is 5.56. The number of aliphatic hydroxyl groups is 1. The number of aliphatic hydroxyl groups excluding tert-OH is 1. The molecule has 6 rings (SSSR count). The van der Waals surface area contributed by atoms with Gasteiger partial charge in [0.2, 0.25) is 18.1 Å². The van der Waals surface area contributed by atoms with E-state index in [4.69, 9.17) is 24.2 Å². The van der Waals surface area contributed by atoms with Crippen LogP contribution in [0.3, 0.4) is 0 Å². The predicted molar refractivity (Wildman–Crippen MR) is 161 cm³/mol. The first-order valence-corrected chi connectivity index (χ1v) is 13.9. The number of alkyl halides is 1. The van der Waals surface area contributed by atoms with E-state index in [2.05, 4.69) is 16.9 Å². The Labute approximate surface area is 248 Å². The molecule has 9 nitrogen and oxygen atoms in total. The van der Waals surface area contributed by atoms with Crippen LogP contribution in [-0.2, 0) is 10.3 Å². The molecule has 2 aromatic heterocycles. The average molecular weight is 582 g/mol. The second-order valence-corrected chi connectivity index (χ2v) is 10.4. The number of nitrogens with zero attached hydrogens (tertiary/aromatic N) is 4. The highest BCUT2D eigenvalue weighted by molar-refractivity contribution is 5.78. The number of aromatic nitrogens is 4. The van der Waals surface area contributed by atoms with Crippen molar-refractivity contribution >= 4 is 17.1 Å². The van der Waals surface area contributed by atoms with Crippen LogP contribution >= 0.6 is 0 Å². The molecule has 10 heteroatoms. The number of methoxy groups -OCH3 is 1. The molecule has 3 atom stereocenters. The van der Waals surface area contributed by atoms with Gasteiger partial charge in [0.15, 0.2) is 16.8 Å². The van der Waals surface area contributed by atoms with Crippen LogP contribution in [0.5, 0.6) is 11.6 Å². The molecular formula is C33H32FN5O4. The van der Waals surface area contributed by atoms with Gasteiger partial charge in [0, 0.05) is 0 Å². The molecule has 0 bridgehead atoms. The third-order valence-corrected chi connectivity index (χ3v) is 7.74. The Balaban J connectivity index is 1.58. The minimum atomic E-state index is -2.18. The van der Waals surface area contributed by atoms with Gasteiger partial charge in [0.25, 0.3) is 0 Å². The lowest BCUT2D eigenvalue weighted by Gasteiger charge is -2.37. The lowest BCUT2D eigenvalue weighted by molar-refractivity contribution is -0.0308. The maximum Gasteiger partial charge on any atom is 0.247 e. The van der Waals surface area contributed by atoms with Crippen LogP contribution < -0.4 is 14.8 Å². The van der Waals surface area contributed by atoms with Gasteiger partial charge in [-0.15, -0.1) is 0 Å². The van der Waals surface area contributed by atoms with Crippen molar-refractivity contribution in [3.63, 3.8) is 0 Å². The smallest absolute Gasteiger partial charge is 0.247 e. The molecule has 43 heavy (non-hydrogen) atoms. The molecule has 1 fully saturated rings. The summed E-state index contributed by atoms with van der Waals surface area (Å²) < 4.78 is 34.2. The maximum atomic E-state index is 15.8. The molecule has 0 radical (unpaired) electrons. The summed E-state index contributed by atoms with van der Waals surface area (Å²) in [6.07, 6.45) is -1.36. The van der Waals surface area contributed by atoms with Gasteiger partial charge in [-0.2, -0.15) is 9.97 Å². The molecule has 1 aliphatic rings. The molecule has 0 amide bonds. The van der Waals surface area contributed by atoms with E-state index in [-0.39, 0.29) is 23.2 Å². The Hall–Kier alpha value is -4.96. The number of imidazole rings is 1. The topological polar surface area (TPSA) is 104 Å². The van der Waals surface area contributed by atoms with Crippen molar-refractivity contribution in [1.29, 1.82) is 0 Å². The lowest BCUT2D eigenvalue weighted by atomic mass is 9.77. The second kappa shape index (κ2) is 11.0. The highest BCUT2D eigenvalue weighted by Crippen LogP contribution is 2.45. The van der Waals surface area contributed by atoms with Gasteiger partial charge >= 0.3 is 0 Å². The van der Waals surface area contributed by atoms with E-state index in [1.165, 1.54) is 17.8 Å². The van der Waals surface area contributed by atoms with E-state index in [0.717, 1.165) is 16.7 Å². The molecule has 1 aliphatic heterocycles. The van der Waals surface area contributed by atoms with Crippen molar-refractivity contribution in [1.82, 2.24) is 19.5 Å². The van der Waals surface area contributed by atoms with Crippen LogP contribution in [0, 0.1) is 0 Å². The number of benzene rings is 3. The molecule has 220 valence electrons. The number of halogens is 1. The van der Waals surface area contributed by atoms with Crippen LogP contribution in [0.15, 0.2) is 104 Å². The zero-order valence-corrected chi connectivity index (χ0v) is 24.1. The maximum absolute atomic E-state index is 15.8. The van der Waals surface area contributed by atoms with Crippen molar-refractivity contribution in [2.24, 2.45) is 0 Å². The van der Waals surface area contributed by atoms with Gasteiger partial charge in [0.1, 0.15) is 29.5 Å². The highest BCUT2D eigenvalue weighted by Gasteiger charge is 2.53. The Kier molecular flexibility index (Phi) is 7.23. The number of rotatable bonds is 9. The number of hydrogen-bond donors (Lipinski definition) is 2. The molecule has 0 saturated carbocycles. The van der Waals surface area contributed by atoms with Crippen molar-refractivity contribution in [3.8, 4) is 11.6 Å².